The van der Waals surface area contributed by atoms with Gasteiger partial charge < -0.3 is 25.2 Å². The Morgan fingerprint density at radius 2 is 1.92 bits per heavy atom. The number of methoxy groups -OCH3 is 1. The zero-order chi connectivity index (χ0) is 27.8. The van der Waals surface area contributed by atoms with E-state index in [4.69, 9.17) is 21.1 Å². The Bertz CT molecular complexity index is 1360. The lowest BCUT2D eigenvalue weighted by Crippen LogP contribution is -2.34. The molecule has 1 atom stereocenters. The minimum atomic E-state index is -0.632. The third-order valence-electron chi connectivity index (χ3n) is 4.94. The van der Waals surface area contributed by atoms with Gasteiger partial charge >= 0.3 is 0 Å². The average molecular weight is 544 g/mol. The van der Waals surface area contributed by atoms with Gasteiger partial charge in [0.05, 0.1) is 35.6 Å². The minimum absolute atomic E-state index is 0.154. The van der Waals surface area contributed by atoms with Crippen LogP contribution in [0.4, 0.5) is 11.6 Å². The second-order valence-electron chi connectivity index (χ2n) is 9.31. The minimum Gasteiger partial charge on any atom is -0.493 e. The topological polar surface area (TPSA) is 139 Å². The maximum atomic E-state index is 11.8. The normalized spacial score (nSPS) is 11.6. The van der Waals surface area contributed by atoms with Gasteiger partial charge in [-0.2, -0.15) is 10.1 Å². The highest BCUT2D eigenvalue weighted by atomic mass is 35.5. The predicted octanol–water partition coefficient (Wildman–Crippen LogP) is 4.30. The predicted molar refractivity (Wildman–Crippen MR) is 148 cm³/mol. The highest BCUT2D eigenvalue weighted by Crippen LogP contribution is 2.34. The summed E-state index contributed by atoms with van der Waals surface area (Å²) in [6.45, 7) is 8.03. The van der Waals surface area contributed by atoms with Gasteiger partial charge in [-0.05, 0) is 43.2 Å². The third kappa shape index (κ3) is 7.59. The summed E-state index contributed by atoms with van der Waals surface area (Å²) in [5.74, 6) is 2.27. The van der Waals surface area contributed by atoms with Gasteiger partial charge in [-0.3, -0.25) is 9.89 Å². The van der Waals surface area contributed by atoms with Gasteiger partial charge in [-0.25, -0.2) is 4.68 Å². The molecule has 0 saturated carbocycles. The van der Waals surface area contributed by atoms with Crippen LogP contribution in [0.15, 0.2) is 36.5 Å². The number of carbonyl (C=O) groups excluding carboxylic acids is 1. The summed E-state index contributed by atoms with van der Waals surface area (Å²) in [4.78, 5) is 16.4. The van der Waals surface area contributed by atoms with Crippen molar-refractivity contribution < 1.29 is 19.4 Å². The summed E-state index contributed by atoms with van der Waals surface area (Å²) < 4.78 is 12.6. The van der Waals surface area contributed by atoms with Crippen LogP contribution >= 0.6 is 11.6 Å². The molecule has 2 aromatic heterocycles. The Hall–Kier alpha value is -3.83. The number of H-pyrrole nitrogens is 1. The maximum Gasteiger partial charge on any atom is 0.258 e. The van der Waals surface area contributed by atoms with Crippen LogP contribution < -0.4 is 20.1 Å². The number of nitrogens with zero attached hydrogens (tertiary/aromatic N) is 4. The van der Waals surface area contributed by atoms with E-state index >= 15 is 0 Å². The van der Waals surface area contributed by atoms with E-state index in [0.717, 1.165) is 16.8 Å². The van der Waals surface area contributed by atoms with E-state index in [1.807, 2.05) is 12.1 Å². The average Bonchev–Trinajstić information content (AvgIpc) is 3.50. The van der Waals surface area contributed by atoms with Gasteiger partial charge in [0, 0.05) is 24.5 Å². The second kappa shape index (κ2) is 13.1. The quantitative estimate of drug-likeness (QED) is 0.245. The summed E-state index contributed by atoms with van der Waals surface area (Å²) in [7, 11) is 3.27. The number of amides is 1. The molecule has 38 heavy (non-hydrogen) atoms. The van der Waals surface area contributed by atoms with Gasteiger partial charge in [0.1, 0.15) is 0 Å². The van der Waals surface area contributed by atoms with Gasteiger partial charge in [-0.15, -0.1) is 5.10 Å². The first-order chi connectivity index (χ1) is 18.1. The van der Waals surface area contributed by atoms with Crippen molar-refractivity contribution in [3.8, 4) is 22.9 Å². The van der Waals surface area contributed by atoms with E-state index < -0.39 is 6.10 Å². The Morgan fingerprint density at radius 1 is 1.18 bits per heavy atom. The van der Waals surface area contributed by atoms with Gasteiger partial charge in [0.2, 0.25) is 5.95 Å². The molecule has 1 unspecified atom stereocenters. The fourth-order valence-corrected chi connectivity index (χ4v) is 3.46. The molecule has 0 bridgehead atoms. The van der Waals surface area contributed by atoms with Crippen molar-refractivity contribution in [2.45, 2.75) is 33.8 Å². The highest BCUT2D eigenvalue weighted by Gasteiger charge is 2.15. The number of aromatic nitrogens is 5. The van der Waals surface area contributed by atoms with E-state index in [2.05, 4.69) is 51.7 Å². The van der Waals surface area contributed by atoms with Crippen LogP contribution in [0, 0.1) is 5.92 Å². The maximum absolute atomic E-state index is 11.8. The Morgan fingerprint density at radius 3 is 2.61 bits per heavy atom. The van der Waals surface area contributed by atoms with Crippen molar-refractivity contribution in [1.82, 2.24) is 30.3 Å². The molecule has 204 valence electrons. The Labute approximate surface area is 226 Å². The molecular formula is C26H34ClN7O4. The zero-order valence-corrected chi connectivity index (χ0v) is 23.1. The molecule has 0 radical (unpaired) electrons. The molecule has 4 aromatic rings. The first kappa shape index (κ1) is 28.7. The van der Waals surface area contributed by atoms with Crippen LogP contribution in [-0.2, 0) is 11.8 Å². The number of carbonyl (C=O) groups is 1. The van der Waals surface area contributed by atoms with Crippen LogP contribution in [0.3, 0.4) is 0 Å². The lowest BCUT2D eigenvalue weighted by molar-refractivity contribution is -0.123. The van der Waals surface area contributed by atoms with Gasteiger partial charge in [0.15, 0.2) is 23.9 Å². The number of halogens is 1. The smallest absolute Gasteiger partial charge is 0.258 e. The van der Waals surface area contributed by atoms with Crippen LogP contribution in [0.2, 0.25) is 5.02 Å². The van der Waals surface area contributed by atoms with Crippen molar-refractivity contribution in [1.29, 1.82) is 0 Å². The van der Waals surface area contributed by atoms with Crippen LogP contribution in [0.5, 0.6) is 11.5 Å². The number of aliphatic hydroxyl groups excluding tert-OH is 1. The molecule has 11 nitrogen and oxygen atoms in total. The first-order valence-electron chi connectivity index (χ1n) is 12.1. The summed E-state index contributed by atoms with van der Waals surface area (Å²) in [5, 5.41) is 27.7. The number of aromatic amines is 1. The van der Waals surface area contributed by atoms with Crippen molar-refractivity contribution in [2.24, 2.45) is 13.0 Å². The molecule has 0 aliphatic heterocycles. The first-order valence-corrected chi connectivity index (χ1v) is 12.5. The van der Waals surface area contributed by atoms with E-state index in [9.17, 15) is 9.90 Å². The molecule has 2 aromatic carbocycles. The molecule has 12 heteroatoms. The van der Waals surface area contributed by atoms with Crippen molar-refractivity contribution >= 4 is 40.0 Å². The number of fused-ring (bicyclic) bond motifs is 1. The number of anilines is 2. The highest BCUT2D eigenvalue weighted by molar-refractivity contribution is 6.38. The molecule has 0 fully saturated rings. The van der Waals surface area contributed by atoms with Gasteiger partial charge in [-0.1, -0.05) is 32.4 Å². The molecule has 4 rings (SSSR count). The summed E-state index contributed by atoms with van der Waals surface area (Å²) in [6.07, 6.45) is 1.03. The second-order valence-corrected chi connectivity index (χ2v) is 9.68. The molecule has 1 amide bonds. The summed E-state index contributed by atoms with van der Waals surface area (Å²) in [5.41, 5.74) is 2.21. The SMILES string of the molecule is CC(C)C.COc1cc(-c2nc(Nc3ccc4[nH]ncc4c3Cl)n(C)n2)ccc1OCC(=O)NCC(C)O. The van der Waals surface area contributed by atoms with Crippen LogP contribution in [0.25, 0.3) is 22.3 Å². The van der Waals surface area contributed by atoms with Gasteiger partial charge in [0.25, 0.3) is 5.91 Å². The number of benzene rings is 2. The zero-order valence-electron chi connectivity index (χ0n) is 22.4. The Kier molecular flexibility index (Phi) is 9.91. The number of ether oxygens (including phenoxy) is 2. The fourth-order valence-electron chi connectivity index (χ4n) is 3.20. The van der Waals surface area contributed by atoms with Crippen LogP contribution in [0.1, 0.15) is 27.7 Å². The van der Waals surface area contributed by atoms with E-state index in [1.165, 1.54) is 7.11 Å². The Balaban J connectivity index is 0.000000934. The summed E-state index contributed by atoms with van der Waals surface area (Å²) in [6, 6.07) is 8.90. The van der Waals surface area contributed by atoms with Crippen molar-refractivity contribution in [2.75, 3.05) is 25.6 Å². The molecule has 0 aliphatic carbocycles. The molecule has 4 N–H and O–H groups in total. The van der Waals surface area contributed by atoms with E-state index in [0.29, 0.717) is 39.5 Å². The number of rotatable bonds is 9. The molecule has 0 saturated heterocycles. The third-order valence-corrected chi connectivity index (χ3v) is 5.35. The number of aryl methyl sites for hydroxylation is 1. The molecule has 0 aliphatic rings. The fraction of sp³-hybridized carbons (Fsp3) is 0.385. The molecule has 0 spiro atoms. The van der Waals surface area contributed by atoms with E-state index in [-0.39, 0.29) is 19.1 Å². The largest absolute Gasteiger partial charge is 0.493 e. The lowest BCUT2D eigenvalue weighted by Gasteiger charge is -2.12. The van der Waals surface area contributed by atoms with Crippen molar-refractivity contribution in [3.63, 3.8) is 0 Å². The monoisotopic (exact) mass is 543 g/mol. The molecular weight excluding hydrogens is 510 g/mol. The van der Waals surface area contributed by atoms with E-state index in [1.54, 1.807) is 43.0 Å². The standard InChI is InChI=1S/C22H24ClN7O4.C4H10/c1-12(31)9-24-19(32)11-34-17-7-4-13(8-18(17)33-3)21-27-22(30(2)29-21)26-16-6-5-15-14(20(16)23)10-25-28-15;1-4(2)3/h4-8,10,12,31H,9,11H2,1-3H3,(H,24,32)(H,25,28)(H,26,27,29);4H,1-3H3. The molecule has 2 heterocycles. The number of hydrogen-bond acceptors (Lipinski definition) is 8. The van der Waals surface area contributed by atoms with Crippen LogP contribution in [-0.4, -0.2) is 62.3 Å². The summed E-state index contributed by atoms with van der Waals surface area (Å²) >= 11 is 6.50. The lowest BCUT2D eigenvalue weighted by atomic mass is 10.2. The number of nitrogens with one attached hydrogen (secondary N) is 3. The van der Waals surface area contributed by atoms with Crippen molar-refractivity contribution in [3.05, 3.63) is 41.6 Å². The number of aliphatic hydroxyl groups is 1. The number of hydrogen-bond donors (Lipinski definition) is 4.